The molecule has 0 spiro atoms. The van der Waals surface area contributed by atoms with Gasteiger partial charge in [-0.15, -0.1) is 0 Å². The number of amidine groups is 1. The molecule has 2 fully saturated rings. The van der Waals surface area contributed by atoms with Crippen molar-refractivity contribution in [1.82, 2.24) is 25.8 Å². The minimum atomic E-state index is -0.793. The zero-order valence-corrected chi connectivity index (χ0v) is 27.3. The molecule has 5 rings (SSSR count). The number of ether oxygens (including phenoxy) is 1. The fourth-order valence-electron chi connectivity index (χ4n) is 6.94. The zero-order chi connectivity index (χ0) is 31.1. The summed E-state index contributed by atoms with van der Waals surface area (Å²) in [4.78, 5) is 38.2. The first-order chi connectivity index (χ1) is 21.2. The lowest BCUT2D eigenvalue weighted by atomic mass is 9.92. The molecular weight excluding hydrogens is 554 g/mol. The van der Waals surface area contributed by atoms with Crippen molar-refractivity contribution in [2.45, 2.75) is 116 Å². The Hall–Kier alpha value is -3.30. The number of nitrogens with one attached hydrogen (secondary N) is 4. The molecule has 3 aliphatic heterocycles. The number of likely N-dealkylation sites (tertiary alicyclic amines) is 1. The van der Waals surface area contributed by atoms with Crippen LogP contribution in [-0.2, 0) is 20.7 Å². The first-order valence-electron chi connectivity index (χ1n) is 17.0. The second kappa shape index (κ2) is 14.7. The topological polar surface area (TPSA) is 120 Å². The number of aliphatic imine (C=N–C) groups is 1. The van der Waals surface area contributed by atoms with Crippen LogP contribution < -0.4 is 21.3 Å². The number of nitrogens with zero attached hydrogens (tertiary/aromatic N) is 3. The number of carbonyl (C=O) groups excluding carboxylic acids is 2. The van der Waals surface area contributed by atoms with Gasteiger partial charge < -0.3 is 30.9 Å². The van der Waals surface area contributed by atoms with Crippen LogP contribution in [-0.4, -0.2) is 72.1 Å². The van der Waals surface area contributed by atoms with Crippen molar-refractivity contribution in [3.05, 3.63) is 34.8 Å². The Labute approximate surface area is 263 Å². The number of esters is 1. The molecule has 1 saturated carbocycles. The van der Waals surface area contributed by atoms with Crippen LogP contribution in [0.4, 0.5) is 5.82 Å². The van der Waals surface area contributed by atoms with Crippen molar-refractivity contribution in [2.75, 3.05) is 38.2 Å². The van der Waals surface area contributed by atoms with E-state index >= 15 is 0 Å². The average molecular weight is 608 g/mol. The van der Waals surface area contributed by atoms with Gasteiger partial charge in [0, 0.05) is 49.8 Å². The molecule has 1 atom stereocenters. The SMILES string of the molecule is CCC1=C(N2CCC(c3ccc4c(n3)NCCC4)CC2)NCN=C1NC[C@H](NC(=O)CCC1CCCC1)C(=O)OC(C)(C)C. The standard InChI is InChI=1S/C34H53N7O3/c1-5-26-31(36-21-28(33(43)44-34(2,3)4)39-29(42)15-12-23-9-6-7-10-23)37-22-38-32(26)41-19-16-24(17-20-41)27-14-13-25-11-8-18-35-30(25)40-27/h13-14,23-24,28,38H,5-12,15-22H2,1-4H3,(H,35,40)(H,36,37)(H,39,42)/t28-/m0/s1. The summed E-state index contributed by atoms with van der Waals surface area (Å²) in [6, 6.07) is 3.69. The Morgan fingerprint density at radius 1 is 1.09 bits per heavy atom. The van der Waals surface area contributed by atoms with Gasteiger partial charge in [-0.2, -0.15) is 0 Å². The number of pyridine rings is 1. The fraction of sp³-hybridized carbons (Fsp3) is 0.706. The fourth-order valence-corrected chi connectivity index (χ4v) is 6.94. The summed E-state index contributed by atoms with van der Waals surface area (Å²) in [5.74, 6) is 3.51. The van der Waals surface area contributed by atoms with Gasteiger partial charge in [0.2, 0.25) is 5.91 Å². The molecule has 1 amide bonds. The summed E-state index contributed by atoms with van der Waals surface area (Å²) in [6.45, 7) is 11.2. The van der Waals surface area contributed by atoms with Crippen molar-refractivity contribution >= 4 is 23.5 Å². The third-order valence-corrected chi connectivity index (χ3v) is 9.31. The van der Waals surface area contributed by atoms with Gasteiger partial charge in [-0.1, -0.05) is 38.7 Å². The highest BCUT2D eigenvalue weighted by Crippen LogP contribution is 2.32. The molecule has 10 heteroatoms. The van der Waals surface area contributed by atoms with Crippen LogP contribution in [0.15, 0.2) is 28.5 Å². The molecule has 0 radical (unpaired) electrons. The van der Waals surface area contributed by atoms with E-state index in [4.69, 9.17) is 14.7 Å². The molecule has 4 heterocycles. The van der Waals surface area contributed by atoms with Gasteiger partial charge in [-0.25, -0.2) is 14.8 Å². The molecule has 4 aliphatic rings. The number of fused-ring (bicyclic) bond motifs is 1. The monoisotopic (exact) mass is 607 g/mol. The Bertz CT molecular complexity index is 1220. The predicted molar refractivity (Wildman–Crippen MR) is 174 cm³/mol. The second-order valence-electron chi connectivity index (χ2n) is 13.8. The van der Waals surface area contributed by atoms with Crippen LogP contribution in [0.1, 0.15) is 109 Å². The highest BCUT2D eigenvalue weighted by Gasteiger charge is 2.30. The highest BCUT2D eigenvalue weighted by atomic mass is 16.6. The predicted octanol–water partition coefficient (Wildman–Crippen LogP) is 4.59. The van der Waals surface area contributed by atoms with Gasteiger partial charge in [-0.3, -0.25) is 4.79 Å². The Morgan fingerprint density at radius 2 is 1.86 bits per heavy atom. The van der Waals surface area contributed by atoms with Gasteiger partial charge in [0.05, 0.1) is 0 Å². The number of piperidine rings is 1. The van der Waals surface area contributed by atoms with E-state index in [0.29, 0.717) is 24.9 Å². The second-order valence-corrected chi connectivity index (χ2v) is 13.8. The number of aromatic nitrogens is 1. The Balaban J connectivity index is 1.20. The summed E-state index contributed by atoms with van der Waals surface area (Å²) >= 11 is 0. The van der Waals surface area contributed by atoms with E-state index in [2.05, 4.69) is 45.2 Å². The minimum absolute atomic E-state index is 0.0965. The molecule has 1 aromatic heterocycles. The summed E-state index contributed by atoms with van der Waals surface area (Å²) in [5.41, 5.74) is 2.98. The maximum absolute atomic E-state index is 13.2. The molecule has 4 N–H and O–H groups in total. The number of rotatable bonds is 10. The number of hydrogen-bond donors (Lipinski definition) is 4. The van der Waals surface area contributed by atoms with E-state index in [0.717, 1.165) is 74.8 Å². The molecule has 242 valence electrons. The number of carbonyl (C=O) groups is 2. The number of amides is 1. The third kappa shape index (κ3) is 8.45. The molecule has 1 aliphatic carbocycles. The van der Waals surface area contributed by atoms with E-state index < -0.39 is 17.6 Å². The first kappa shape index (κ1) is 32.1. The smallest absolute Gasteiger partial charge is 0.331 e. The van der Waals surface area contributed by atoms with Crippen molar-refractivity contribution in [2.24, 2.45) is 10.9 Å². The van der Waals surface area contributed by atoms with E-state index in [-0.39, 0.29) is 12.5 Å². The zero-order valence-electron chi connectivity index (χ0n) is 27.3. The molecule has 44 heavy (non-hydrogen) atoms. The lowest BCUT2D eigenvalue weighted by Gasteiger charge is -2.38. The quantitative estimate of drug-likeness (QED) is 0.285. The Kier molecular flexibility index (Phi) is 10.7. The van der Waals surface area contributed by atoms with Crippen molar-refractivity contribution in [3.63, 3.8) is 0 Å². The highest BCUT2D eigenvalue weighted by molar-refractivity contribution is 5.99. The van der Waals surface area contributed by atoms with Gasteiger partial charge >= 0.3 is 5.97 Å². The summed E-state index contributed by atoms with van der Waals surface area (Å²) < 4.78 is 5.69. The molecule has 1 saturated heterocycles. The van der Waals surface area contributed by atoms with Crippen LogP contribution in [0.25, 0.3) is 0 Å². The van der Waals surface area contributed by atoms with Crippen LogP contribution in [0.5, 0.6) is 0 Å². The van der Waals surface area contributed by atoms with E-state index in [1.54, 1.807) is 0 Å². The summed E-state index contributed by atoms with van der Waals surface area (Å²) in [7, 11) is 0. The molecule has 0 aromatic carbocycles. The lowest BCUT2D eigenvalue weighted by Crippen LogP contribution is -2.51. The third-order valence-electron chi connectivity index (χ3n) is 9.31. The van der Waals surface area contributed by atoms with Crippen LogP contribution in [0.2, 0.25) is 0 Å². The van der Waals surface area contributed by atoms with E-state index in [9.17, 15) is 9.59 Å². The lowest BCUT2D eigenvalue weighted by molar-refractivity contribution is -0.158. The van der Waals surface area contributed by atoms with Crippen LogP contribution in [0, 0.1) is 5.92 Å². The van der Waals surface area contributed by atoms with Crippen molar-refractivity contribution in [1.29, 1.82) is 0 Å². The van der Waals surface area contributed by atoms with Gasteiger partial charge in [-0.05, 0) is 76.8 Å². The number of hydrogen-bond acceptors (Lipinski definition) is 9. The summed E-state index contributed by atoms with van der Waals surface area (Å²) in [5, 5.41) is 13.4. The van der Waals surface area contributed by atoms with E-state index in [1.165, 1.54) is 43.4 Å². The average Bonchev–Trinajstić information content (AvgIpc) is 3.55. The van der Waals surface area contributed by atoms with E-state index in [1.807, 2.05) is 20.8 Å². The maximum atomic E-state index is 13.2. The Morgan fingerprint density at radius 3 is 2.59 bits per heavy atom. The van der Waals surface area contributed by atoms with Crippen molar-refractivity contribution in [3.8, 4) is 0 Å². The van der Waals surface area contributed by atoms with Gasteiger partial charge in [0.15, 0.2) is 0 Å². The van der Waals surface area contributed by atoms with Gasteiger partial charge in [0.25, 0.3) is 0 Å². The first-order valence-corrected chi connectivity index (χ1v) is 17.0. The van der Waals surface area contributed by atoms with Gasteiger partial charge in [0.1, 0.15) is 35.8 Å². The molecular formula is C34H53N7O3. The van der Waals surface area contributed by atoms with Crippen LogP contribution >= 0.6 is 0 Å². The maximum Gasteiger partial charge on any atom is 0.331 e. The molecule has 1 aromatic rings. The minimum Gasteiger partial charge on any atom is -0.458 e. The number of anilines is 1. The summed E-state index contributed by atoms with van der Waals surface area (Å²) in [6.07, 6.45) is 11.4. The largest absolute Gasteiger partial charge is 0.458 e. The number of aryl methyl sites for hydroxylation is 1. The molecule has 10 nitrogen and oxygen atoms in total. The molecule has 0 bridgehead atoms. The van der Waals surface area contributed by atoms with Crippen molar-refractivity contribution < 1.29 is 14.3 Å². The molecule has 0 unspecified atom stereocenters. The van der Waals surface area contributed by atoms with Crippen LogP contribution in [0.3, 0.4) is 0 Å². The normalized spacial score (nSPS) is 20.3.